The van der Waals surface area contributed by atoms with Crippen molar-refractivity contribution in [1.82, 2.24) is 5.32 Å². The van der Waals surface area contributed by atoms with Crippen LogP contribution in [0.2, 0.25) is 0 Å². The monoisotopic (exact) mass is 211 g/mol. The van der Waals surface area contributed by atoms with Gasteiger partial charge < -0.3 is 5.32 Å². The summed E-state index contributed by atoms with van der Waals surface area (Å²) in [6, 6.07) is 0. The van der Waals surface area contributed by atoms with Gasteiger partial charge in [0.15, 0.2) is 0 Å². The van der Waals surface area contributed by atoms with E-state index < -0.39 is 23.8 Å². The van der Waals surface area contributed by atoms with Gasteiger partial charge in [0.2, 0.25) is 0 Å². The van der Waals surface area contributed by atoms with Crippen LogP contribution in [0.4, 0.5) is 17.6 Å². The van der Waals surface area contributed by atoms with Crippen LogP contribution >= 0.6 is 0 Å². The normalized spacial score (nSPS) is 12.4. The number of carbonyl (C=O) groups excluding carboxylic acids is 1. The Hall–Kier alpha value is -1.25. The lowest BCUT2D eigenvalue weighted by molar-refractivity contribution is -0.170. The first-order chi connectivity index (χ1) is 6.13. The first-order valence-electron chi connectivity index (χ1n) is 3.60. The fourth-order valence-corrected chi connectivity index (χ4v) is 0.502. The van der Waals surface area contributed by atoms with Crippen LogP contribution in [0.3, 0.4) is 0 Å². The van der Waals surface area contributed by atoms with Gasteiger partial charge in [-0.15, -0.1) is 6.42 Å². The zero-order valence-electron chi connectivity index (χ0n) is 7.57. The van der Waals surface area contributed by atoms with Crippen LogP contribution in [0.25, 0.3) is 0 Å². The van der Waals surface area contributed by atoms with Crippen molar-refractivity contribution in [1.29, 1.82) is 0 Å². The predicted molar refractivity (Wildman–Crippen MR) is 42.0 cm³/mol. The summed E-state index contributed by atoms with van der Waals surface area (Å²) in [4.78, 5) is 10.6. The molecule has 80 valence electrons. The lowest BCUT2D eigenvalue weighted by Gasteiger charge is -2.23. The van der Waals surface area contributed by atoms with Gasteiger partial charge in [-0.2, -0.15) is 8.78 Å². The van der Waals surface area contributed by atoms with Gasteiger partial charge in [0.1, 0.15) is 0 Å². The van der Waals surface area contributed by atoms with Crippen molar-refractivity contribution in [2.24, 2.45) is 0 Å². The molecule has 14 heavy (non-hydrogen) atoms. The average Bonchev–Trinajstić information content (AvgIpc) is 2.03. The Kier molecular flexibility index (Phi) is 3.52. The number of carbonyl (C=O) groups is 1. The lowest BCUT2D eigenvalue weighted by atomic mass is 10.1. The molecule has 0 aromatic carbocycles. The molecule has 0 aromatic heterocycles. The van der Waals surface area contributed by atoms with E-state index in [9.17, 15) is 22.4 Å². The molecule has 0 saturated carbocycles. The van der Waals surface area contributed by atoms with Crippen molar-refractivity contribution < 1.29 is 22.4 Å². The Morgan fingerprint density at radius 1 is 1.43 bits per heavy atom. The Bertz CT molecular complexity index is 267. The molecule has 0 atom stereocenters. The molecule has 0 spiro atoms. The SMILES string of the molecule is C#CC(C)(C)NC(=O)C(F)(F)C(F)F. The molecule has 0 aliphatic carbocycles. The van der Waals surface area contributed by atoms with Crippen LogP contribution in [0, 0.1) is 12.3 Å². The molecule has 1 amide bonds. The molecule has 0 fully saturated rings. The van der Waals surface area contributed by atoms with Gasteiger partial charge in [0, 0.05) is 0 Å². The second-order valence-electron chi connectivity index (χ2n) is 3.15. The Morgan fingerprint density at radius 2 is 1.86 bits per heavy atom. The molecule has 0 aliphatic heterocycles. The van der Waals surface area contributed by atoms with Crippen molar-refractivity contribution >= 4 is 5.91 Å². The minimum Gasteiger partial charge on any atom is -0.335 e. The number of hydrogen-bond donors (Lipinski definition) is 1. The molecule has 6 heteroatoms. The maximum absolute atomic E-state index is 12.4. The van der Waals surface area contributed by atoms with Crippen molar-refractivity contribution in [3.8, 4) is 12.3 Å². The summed E-state index contributed by atoms with van der Waals surface area (Å²) in [7, 11) is 0. The molecule has 0 aromatic rings. The minimum atomic E-state index is -4.71. The zero-order valence-corrected chi connectivity index (χ0v) is 7.57. The molecule has 0 saturated heterocycles. The van der Waals surface area contributed by atoms with Crippen LogP contribution in [0.5, 0.6) is 0 Å². The fourth-order valence-electron chi connectivity index (χ4n) is 0.502. The van der Waals surface area contributed by atoms with Crippen LogP contribution in [0.1, 0.15) is 13.8 Å². The standard InChI is InChI=1S/C8H9F4NO/c1-4-7(2,3)13-6(14)8(11,12)5(9)10/h1,5H,2-3H3,(H,13,14). The number of halogens is 4. The Balaban J connectivity index is 4.61. The summed E-state index contributed by atoms with van der Waals surface area (Å²) in [5.74, 6) is -4.81. The average molecular weight is 211 g/mol. The molecule has 0 bridgehead atoms. The highest BCUT2D eigenvalue weighted by Crippen LogP contribution is 2.23. The summed E-state index contributed by atoms with van der Waals surface area (Å²) in [5.41, 5.74) is -1.38. The topological polar surface area (TPSA) is 29.1 Å². The third kappa shape index (κ3) is 2.91. The van der Waals surface area contributed by atoms with Crippen molar-refractivity contribution in [2.45, 2.75) is 31.7 Å². The Morgan fingerprint density at radius 3 is 2.14 bits per heavy atom. The van der Waals surface area contributed by atoms with Gasteiger partial charge >= 0.3 is 12.3 Å². The largest absolute Gasteiger partial charge is 0.383 e. The van der Waals surface area contributed by atoms with E-state index in [1.165, 1.54) is 13.8 Å². The van der Waals surface area contributed by atoms with E-state index >= 15 is 0 Å². The van der Waals surface area contributed by atoms with E-state index in [4.69, 9.17) is 6.42 Å². The van der Waals surface area contributed by atoms with E-state index in [0.717, 1.165) is 0 Å². The van der Waals surface area contributed by atoms with Crippen LogP contribution in [0.15, 0.2) is 0 Å². The minimum absolute atomic E-state index is 1.24. The molecule has 0 heterocycles. The Labute approximate surface area is 78.7 Å². The van der Waals surface area contributed by atoms with Crippen LogP contribution < -0.4 is 5.32 Å². The number of rotatable bonds is 3. The summed E-state index contributed by atoms with van der Waals surface area (Å²) in [6.07, 6.45) is 0.832. The third-order valence-electron chi connectivity index (χ3n) is 1.36. The number of nitrogens with one attached hydrogen (secondary N) is 1. The molecule has 0 radical (unpaired) electrons. The van der Waals surface area contributed by atoms with Crippen LogP contribution in [-0.4, -0.2) is 23.8 Å². The van der Waals surface area contributed by atoms with Gasteiger partial charge in [-0.25, -0.2) is 8.78 Å². The van der Waals surface area contributed by atoms with Crippen molar-refractivity contribution in [3.63, 3.8) is 0 Å². The number of alkyl halides is 4. The lowest BCUT2D eigenvalue weighted by Crippen LogP contribution is -2.52. The number of amides is 1. The van der Waals surface area contributed by atoms with E-state index in [1.54, 1.807) is 5.32 Å². The maximum atomic E-state index is 12.4. The van der Waals surface area contributed by atoms with Crippen LogP contribution in [-0.2, 0) is 4.79 Å². The van der Waals surface area contributed by atoms with Gasteiger partial charge in [-0.05, 0) is 13.8 Å². The molecular formula is C8H9F4NO. The molecule has 0 rings (SSSR count). The van der Waals surface area contributed by atoms with Gasteiger partial charge in [-0.1, -0.05) is 5.92 Å². The van der Waals surface area contributed by atoms with E-state index in [-0.39, 0.29) is 0 Å². The summed E-state index contributed by atoms with van der Waals surface area (Å²) < 4.78 is 48.1. The second-order valence-corrected chi connectivity index (χ2v) is 3.15. The van der Waals surface area contributed by atoms with Gasteiger partial charge in [0.05, 0.1) is 5.54 Å². The molecule has 0 unspecified atom stereocenters. The van der Waals surface area contributed by atoms with Crippen molar-refractivity contribution in [3.05, 3.63) is 0 Å². The highest BCUT2D eigenvalue weighted by atomic mass is 19.3. The molecular weight excluding hydrogens is 202 g/mol. The maximum Gasteiger partial charge on any atom is 0.383 e. The number of hydrogen-bond acceptors (Lipinski definition) is 1. The summed E-state index contributed by atoms with van der Waals surface area (Å²) in [6.45, 7) is 2.49. The summed E-state index contributed by atoms with van der Waals surface area (Å²) in [5, 5.41) is 1.62. The zero-order chi connectivity index (χ0) is 11.6. The quantitative estimate of drug-likeness (QED) is 0.555. The highest BCUT2D eigenvalue weighted by molar-refractivity contribution is 5.84. The second kappa shape index (κ2) is 3.86. The molecule has 0 aliphatic rings. The first kappa shape index (κ1) is 12.8. The fraction of sp³-hybridized carbons (Fsp3) is 0.625. The van der Waals surface area contributed by atoms with Crippen molar-refractivity contribution in [2.75, 3.05) is 0 Å². The summed E-state index contributed by atoms with van der Waals surface area (Å²) >= 11 is 0. The van der Waals surface area contributed by atoms with Gasteiger partial charge in [0.25, 0.3) is 5.91 Å². The smallest absolute Gasteiger partial charge is 0.335 e. The van der Waals surface area contributed by atoms with E-state index in [2.05, 4.69) is 0 Å². The number of terminal acetylenes is 1. The predicted octanol–water partition coefficient (Wildman–Crippen LogP) is 1.41. The molecule has 2 nitrogen and oxygen atoms in total. The highest BCUT2D eigenvalue weighted by Gasteiger charge is 2.49. The first-order valence-corrected chi connectivity index (χ1v) is 3.60. The third-order valence-corrected chi connectivity index (χ3v) is 1.36. The van der Waals surface area contributed by atoms with E-state index in [1.807, 2.05) is 5.92 Å². The van der Waals surface area contributed by atoms with E-state index in [0.29, 0.717) is 0 Å². The molecule has 1 N–H and O–H groups in total. The van der Waals surface area contributed by atoms with Gasteiger partial charge in [-0.3, -0.25) is 4.79 Å².